The van der Waals surface area contributed by atoms with Gasteiger partial charge in [-0.2, -0.15) is 45.6 Å². The molecule has 14 aromatic carbocycles. The minimum absolute atomic E-state index is 0. The van der Waals surface area contributed by atoms with E-state index in [0.29, 0.717) is 15.7 Å². The molecule has 121 heavy (non-hydrogen) atoms. The van der Waals surface area contributed by atoms with Crippen LogP contribution in [0.2, 0.25) is 5.15 Å². The van der Waals surface area contributed by atoms with Gasteiger partial charge in [-0.05, 0) is 139 Å². The molecule has 0 spiro atoms. The maximum atomic E-state index is 12.8. The number of hydrogen-bond donors (Lipinski definition) is 2. The van der Waals surface area contributed by atoms with Crippen molar-refractivity contribution in [3.05, 3.63) is 465 Å². The molecular formula is C98H80BClF6N8O2P4Pd. The van der Waals surface area contributed by atoms with Crippen molar-refractivity contribution < 1.29 is 56.8 Å². The number of fused-ring (bicyclic) bond motifs is 2. The van der Waals surface area contributed by atoms with E-state index in [4.69, 9.17) is 21.6 Å². The van der Waals surface area contributed by atoms with Gasteiger partial charge in [-0.15, -0.1) is 20.4 Å². The molecule has 0 aliphatic heterocycles. The zero-order chi connectivity index (χ0) is 83.9. The Bertz CT molecular complexity index is 5180. The monoisotopic (exact) mass is 1790 g/mol. The van der Waals surface area contributed by atoms with E-state index in [9.17, 15) is 26.3 Å². The third-order valence-electron chi connectivity index (χ3n) is 17.9. The number of aryl methyl sites for hydroxylation is 2. The van der Waals surface area contributed by atoms with Crippen molar-refractivity contribution in [2.75, 3.05) is 0 Å². The summed E-state index contributed by atoms with van der Waals surface area (Å²) in [4.78, 5) is 0. The first kappa shape index (κ1) is 90.2. The van der Waals surface area contributed by atoms with Crippen LogP contribution in [-0.4, -0.2) is 56.8 Å². The maximum absolute atomic E-state index is 12.8. The Morgan fingerprint density at radius 2 is 0.471 bits per heavy atom. The van der Waals surface area contributed by atoms with Gasteiger partial charge in [0.05, 0.1) is 5.69 Å². The average Bonchev–Trinajstić information content (AvgIpc) is 1.65. The van der Waals surface area contributed by atoms with Crippen molar-refractivity contribution in [3.8, 4) is 11.3 Å². The number of hydrogen-bond acceptors (Lipinski definition) is 8. The van der Waals surface area contributed by atoms with Gasteiger partial charge in [0, 0.05) is 26.0 Å². The summed E-state index contributed by atoms with van der Waals surface area (Å²) in [6.07, 6.45) is -9.17. The van der Waals surface area contributed by atoms with Crippen LogP contribution in [0.4, 0.5) is 26.3 Å². The molecule has 10 nitrogen and oxygen atoms in total. The first-order chi connectivity index (χ1) is 58.4. The van der Waals surface area contributed by atoms with Crippen LogP contribution >= 0.6 is 43.3 Å². The van der Waals surface area contributed by atoms with Crippen molar-refractivity contribution in [2.24, 2.45) is 0 Å². The van der Waals surface area contributed by atoms with Crippen molar-refractivity contribution in [1.29, 1.82) is 0 Å². The predicted molar refractivity (Wildman–Crippen MR) is 488 cm³/mol. The summed E-state index contributed by atoms with van der Waals surface area (Å²) in [5, 5.41) is 54.4. The van der Waals surface area contributed by atoms with Gasteiger partial charge in [0.15, 0.2) is 11.3 Å². The molecule has 0 bridgehead atoms. The Labute approximate surface area is 724 Å². The summed E-state index contributed by atoms with van der Waals surface area (Å²) in [7, 11) is -3.13. The minimum atomic E-state index is -4.59. The molecule has 0 saturated carbocycles. The molecule has 18 aromatic rings. The second kappa shape index (κ2) is 45.7. The van der Waals surface area contributed by atoms with Crippen LogP contribution in [0, 0.1) is 13.8 Å². The van der Waals surface area contributed by atoms with E-state index in [0.717, 1.165) is 21.2 Å². The molecule has 0 saturated heterocycles. The first-order valence-corrected chi connectivity index (χ1v) is 43.7. The number of halogens is 7. The summed E-state index contributed by atoms with van der Waals surface area (Å²) in [6.45, 7) is 3.88. The Kier molecular flexibility index (Phi) is 34.1. The summed E-state index contributed by atoms with van der Waals surface area (Å²) >= 11 is 5.44. The molecule has 18 rings (SSSR count). The van der Waals surface area contributed by atoms with Crippen LogP contribution in [0.25, 0.3) is 22.6 Å². The summed E-state index contributed by atoms with van der Waals surface area (Å²) in [5.41, 5.74) is 3.95. The molecule has 0 aliphatic rings. The molecule has 0 fully saturated rings. The molecule has 2 N–H and O–H groups in total. The predicted octanol–water partition coefficient (Wildman–Crippen LogP) is 18.4. The second-order valence-electron chi connectivity index (χ2n) is 26.5. The Balaban J connectivity index is 0.000000139. The van der Waals surface area contributed by atoms with Gasteiger partial charge in [0.1, 0.15) is 5.15 Å². The smallest absolute Gasteiger partial charge is 0.423 e. The number of alkyl halides is 6. The van der Waals surface area contributed by atoms with E-state index in [1.165, 1.54) is 81.9 Å². The van der Waals surface area contributed by atoms with Crippen molar-refractivity contribution in [2.45, 2.75) is 26.2 Å². The van der Waals surface area contributed by atoms with Crippen LogP contribution < -0.4 is 69.1 Å². The van der Waals surface area contributed by atoms with Crippen LogP contribution in [-0.2, 0) is 32.8 Å². The molecule has 0 atom stereocenters. The van der Waals surface area contributed by atoms with Crippen molar-refractivity contribution in [1.82, 2.24) is 39.6 Å². The third-order valence-corrected chi connectivity index (χ3v) is 27.9. The van der Waals surface area contributed by atoms with E-state index in [1.807, 2.05) is 38.1 Å². The van der Waals surface area contributed by atoms with Gasteiger partial charge in [-0.25, -0.2) is 0 Å². The number of benzene rings is 14. The molecule has 4 heterocycles. The Morgan fingerprint density at radius 1 is 0.264 bits per heavy atom. The maximum Gasteiger partial charge on any atom is 0.488 e. The molecule has 0 amide bonds. The molecule has 606 valence electrons. The quantitative estimate of drug-likeness (QED) is 0.0626. The van der Waals surface area contributed by atoms with E-state index in [-0.39, 0.29) is 36.9 Å². The molecule has 4 aromatic heterocycles. The normalized spacial score (nSPS) is 10.8. The number of aromatic nitrogens is 8. The van der Waals surface area contributed by atoms with Gasteiger partial charge in [-0.1, -0.05) is 435 Å². The van der Waals surface area contributed by atoms with E-state index in [2.05, 4.69) is 395 Å². The largest absolute Gasteiger partial charge is 0.488 e. The van der Waals surface area contributed by atoms with Gasteiger partial charge in [0.2, 0.25) is 0 Å². The molecule has 23 heteroatoms. The molecule has 0 aliphatic carbocycles. The fraction of sp³-hybridized carbons (Fsp3) is 0.0408. The van der Waals surface area contributed by atoms with Crippen LogP contribution in [0.1, 0.15) is 22.8 Å². The Morgan fingerprint density at radius 3 is 0.686 bits per heavy atom. The van der Waals surface area contributed by atoms with E-state index < -0.39 is 62.8 Å². The van der Waals surface area contributed by atoms with Crippen LogP contribution in [0.3, 0.4) is 0 Å². The topological polar surface area (TPSA) is 127 Å². The molecule has 0 unspecified atom stereocenters. The van der Waals surface area contributed by atoms with Crippen LogP contribution in [0.5, 0.6) is 0 Å². The number of nitrogens with zero attached hydrogens (tertiary/aromatic N) is 8. The average molecular weight is 1790 g/mol. The summed E-state index contributed by atoms with van der Waals surface area (Å²) in [5.74, 6) is -2.31. The summed E-state index contributed by atoms with van der Waals surface area (Å²) in [6, 6.07) is 149. The summed E-state index contributed by atoms with van der Waals surface area (Å²) < 4.78 is 76.4. The SMILES string of the molecule is Cc1ccc(-c2ccc3nnc(C(F)(F)F)n3n2)cc1.Cc1ccc(B(O)O)cc1.FC(F)(F)c1nnc2ccc(Cl)nn12.[Pd].c1ccc(P(c2ccccc2)c2ccccc2)cc1.c1ccc(P(c2ccccc2)c2ccccc2)cc1.c1ccc(P(c2ccccc2)c2ccccc2)cc1.c1ccc(P(c2ccccc2)c2ccccc2)cc1. The Hall–Kier alpha value is -11.6. The zero-order valence-corrected chi connectivity index (χ0v) is 71.3. The van der Waals surface area contributed by atoms with Crippen molar-refractivity contribution in [3.63, 3.8) is 0 Å². The standard InChI is InChI=1S/4C18H15P.C13H9F3N4.C7H9BO2.C6H2ClF3N4.Pd/c4*1-4-10-16(11-5-1)19(17-12-6-2-7-13-17)18-14-8-3-9-15-18;1-8-2-4-9(5-3-8)10-6-7-11-17-18-12(13(14,15)16)20(11)19-10;1-6-2-4-7(5-3-6)8(9)10;7-3-1-2-4-11-12-5(6(8,9)10)14(4)13-3;/h4*1-15H;2-7H,1H3;2-5,9-10H,1H3;1-2H;. The van der Waals surface area contributed by atoms with E-state index in [1.54, 1.807) is 30.3 Å². The van der Waals surface area contributed by atoms with Crippen molar-refractivity contribution >= 4 is 131 Å². The molecular weight excluding hydrogens is 1710 g/mol. The molecule has 0 radical (unpaired) electrons. The minimum Gasteiger partial charge on any atom is -0.423 e. The van der Waals surface area contributed by atoms with Gasteiger partial charge in [-0.3, -0.25) is 0 Å². The second-order valence-corrected chi connectivity index (χ2v) is 35.7. The zero-order valence-electron chi connectivity index (χ0n) is 65.4. The first-order valence-electron chi connectivity index (χ1n) is 38.0. The fourth-order valence-electron chi connectivity index (χ4n) is 12.2. The third kappa shape index (κ3) is 26.2. The van der Waals surface area contributed by atoms with Crippen LogP contribution in [0.15, 0.2) is 437 Å². The number of rotatable bonds is 14. The van der Waals surface area contributed by atoms with E-state index >= 15 is 0 Å². The van der Waals surface area contributed by atoms with Gasteiger partial charge >= 0.3 is 19.5 Å². The fourth-order valence-corrected chi connectivity index (χ4v) is 21.6. The van der Waals surface area contributed by atoms with Gasteiger partial charge < -0.3 is 10.0 Å². The van der Waals surface area contributed by atoms with Gasteiger partial charge in [0.25, 0.3) is 11.6 Å².